The monoisotopic (exact) mass is 322 g/mol. The first-order valence-electron chi connectivity index (χ1n) is 6.49. The number of amides is 2. The molecule has 2 amide bonds. The molecule has 2 aliphatic rings. The van der Waals surface area contributed by atoms with E-state index in [0.29, 0.717) is 24.6 Å². The van der Waals surface area contributed by atoms with E-state index in [0.717, 1.165) is 17.3 Å². The van der Waals surface area contributed by atoms with Crippen molar-refractivity contribution in [1.82, 2.24) is 10.2 Å². The van der Waals surface area contributed by atoms with Crippen molar-refractivity contribution in [3.8, 4) is 0 Å². The largest absolute Gasteiger partial charge is 0.347 e. The van der Waals surface area contributed by atoms with E-state index in [1.807, 2.05) is 17.0 Å². The lowest BCUT2D eigenvalue weighted by molar-refractivity contribution is -0.128. The summed E-state index contributed by atoms with van der Waals surface area (Å²) in [4.78, 5) is 25.8. The van der Waals surface area contributed by atoms with E-state index in [9.17, 15) is 9.59 Å². The van der Waals surface area contributed by atoms with Crippen molar-refractivity contribution < 1.29 is 9.59 Å². The molecule has 1 aliphatic carbocycles. The van der Waals surface area contributed by atoms with E-state index < -0.39 is 0 Å². The predicted octanol–water partition coefficient (Wildman–Crippen LogP) is 1.94. The standard InChI is InChI=1S/C14H15BrN2O2/c15-10-3-1-9(2-4-10)14(19)16-11-7-13(18)17(8-11)12-5-6-12/h1-4,11-12H,5-8H2,(H,16,19)/t11-/m0/s1. The van der Waals surface area contributed by atoms with Crippen molar-refractivity contribution in [2.45, 2.75) is 31.3 Å². The lowest BCUT2D eigenvalue weighted by Gasteiger charge is -2.16. The molecular weight excluding hydrogens is 308 g/mol. The second-order valence-electron chi connectivity index (χ2n) is 5.16. The van der Waals surface area contributed by atoms with Gasteiger partial charge in [0.05, 0.1) is 6.04 Å². The van der Waals surface area contributed by atoms with E-state index in [1.165, 1.54) is 0 Å². The van der Waals surface area contributed by atoms with Gasteiger partial charge in [-0.05, 0) is 37.1 Å². The number of rotatable bonds is 3. The highest BCUT2D eigenvalue weighted by atomic mass is 79.9. The Hall–Kier alpha value is -1.36. The molecule has 1 saturated carbocycles. The Kier molecular flexibility index (Phi) is 3.31. The summed E-state index contributed by atoms with van der Waals surface area (Å²) in [6.45, 7) is 0.659. The van der Waals surface area contributed by atoms with E-state index in [-0.39, 0.29) is 17.9 Å². The fourth-order valence-electron chi connectivity index (χ4n) is 2.44. The normalized spacial score (nSPS) is 22.7. The third kappa shape index (κ3) is 2.81. The molecule has 1 heterocycles. The molecule has 1 aromatic carbocycles. The Morgan fingerprint density at radius 2 is 1.95 bits per heavy atom. The molecule has 1 saturated heterocycles. The van der Waals surface area contributed by atoms with Gasteiger partial charge in [0, 0.05) is 29.0 Å². The van der Waals surface area contributed by atoms with E-state index >= 15 is 0 Å². The summed E-state index contributed by atoms with van der Waals surface area (Å²) in [7, 11) is 0. The van der Waals surface area contributed by atoms with Gasteiger partial charge in [0.2, 0.25) is 5.91 Å². The Morgan fingerprint density at radius 1 is 1.26 bits per heavy atom. The Bertz CT molecular complexity index is 511. The van der Waals surface area contributed by atoms with Crippen LogP contribution in [0.15, 0.2) is 28.7 Å². The van der Waals surface area contributed by atoms with Gasteiger partial charge >= 0.3 is 0 Å². The van der Waals surface area contributed by atoms with Gasteiger partial charge in [0.1, 0.15) is 0 Å². The smallest absolute Gasteiger partial charge is 0.251 e. The summed E-state index contributed by atoms with van der Waals surface area (Å²) in [5.74, 6) is 0.0616. The number of carbonyl (C=O) groups excluding carboxylic acids is 2. The first-order valence-corrected chi connectivity index (χ1v) is 7.28. The van der Waals surface area contributed by atoms with Gasteiger partial charge < -0.3 is 10.2 Å². The van der Waals surface area contributed by atoms with Crippen LogP contribution in [0, 0.1) is 0 Å². The van der Waals surface area contributed by atoms with Crippen molar-refractivity contribution in [3.63, 3.8) is 0 Å². The lowest BCUT2D eigenvalue weighted by atomic mass is 10.2. The van der Waals surface area contributed by atoms with Gasteiger partial charge in [-0.1, -0.05) is 15.9 Å². The zero-order valence-corrected chi connectivity index (χ0v) is 12.0. The van der Waals surface area contributed by atoms with Crippen molar-refractivity contribution >= 4 is 27.7 Å². The fraction of sp³-hybridized carbons (Fsp3) is 0.429. The van der Waals surface area contributed by atoms with Crippen LogP contribution in [-0.4, -0.2) is 35.3 Å². The Morgan fingerprint density at radius 3 is 2.58 bits per heavy atom. The summed E-state index contributed by atoms with van der Waals surface area (Å²) < 4.78 is 0.944. The molecule has 1 N–H and O–H groups in total. The minimum absolute atomic E-state index is 0.0516. The highest BCUT2D eigenvalue weighted by Crippen LogP contribution is 2.30. The van der Waals surface area contributed by atoms with E-state index in [4.69, 9.17) is 0 Å². The van der Waals surface area contributed by atoms with Crippen LogP contribution >= 0.6 is 15.9 Å². The van der Waals surface area contributed by atoms with Gasteiger partial charge in [0.25, 0.3) is 5.91 Å². The highest BCUT2D eigenvalue weighted by molar-refractivity contribution is 9.10. The summed E-state index contributed by atoms with van der Waals surface area (Å²) >= 11 is 3.34. The first-order chi connectivity index (χ1) is 9.13. The molecule has 5 heteroatoms. The number of carbonyl (C=O) groups is 2. The van der Waals surface area contributed by atoms with Crippen LogP contribution in [0.5, 0.6) is 0 Å². The number of likely N-dealkylation sites (tertiary alicyclic amines) is 1. The molecule has 3 rings (SSSR count). The van der Waals surface area contributed by atoms with Crippen LogP contribution in [0.1, 0.15) is 29.6 Å². The van der Waals surface area contributed by atoms with Crippen molar-refractivity contribution in [2.24, 2.45) is 0 Å². The van der Waals surface area contributed by atoms with E-state index in [1.54, 1.807) is 12.1 Å². The number of nitrogens with zero attached hydrogens (tertiary/aromatic N) is 1. The minimum Gasteiger partial charge on any atom is -0.347 e. The molecule has 19 heavy (non-hydrogen) atoms. The van der Waals surface area contributed by atoms with Gasteiger partial charge in [-0.25, -0.2) is 0 Å². The van der Waals surface area contributed by atoms with Crippen molar-refractivity contribution in [1.29, 1.82) is 0 Å². The summed E-state index contributed by atoms with van der Waals surface area (Å²) in [5.41, 5.74) is 0.625. The SMILES string of the molecule is O=C(N[C@H]1CC(=O)N(C2CC2)C1)c1ccc(Br)cc1. The summed E-state index contributed by atoms with van der Waals surface area (Å²) in [6.07, 6.45) is 2.65. The van der Waals surface area contributed by atoms with Crippen LogP contribution in [-0.2, 0) is 4.79 Å². The van der Waals surface area contributed by atoms with Crippen LogP contribution in [0.25, 0.3) is 0 Å². The maximum atomic E-state index is 12.1. The molecule has 1 atom stereocenters. The van der Waals surface area contributed by atoms with Crippen molar-refractivity contribution in [3.05, 3.63) is 34.3 Å². The molecule has 0 spiro atoms. The van der Waals surface area contributed by atoms with Crippen LogP contribution in [0.3, 0.4) is 0 Å². The van der Waals surface area contributed by atoms with Gasteiger partial charge in [-0.15, -0.1) is 0 Å². The molecular formula is C14H15BrN2O2. The third-order valence-electron chi connectivity index (χ3n) is 3.59. The van der Waals surface area contributed by atoms with Crippen LogP contribution < -0.4 is 5.32 Å². The Labute approximate surface area is 120 Å². The third-order valence-corrected chi connectivity index (χ3v) is 4.12. The molecule has 0 unspecified atom stereocenters. The highest BCUT2D eigenvalue weighted by Gasteiger charge is 2.39. The lowest BCUT2D eigenvalue weighted by Crippen LogP contribution is -2.37. The van der Waals surface area contributed by atoms with Gasteiger partial charge in [0.15, 0.2) is 0 Å². The fourth-order valence-corrected chi connectivity index (χ4v) is 2.70. The predicted molar refractivity (Wildman–Crippen MR) is 74.7 cm³/mol. The number of hydrogen-bond acceptors (Lipinski definition) is 2. The number of halogens is 1. The summed E-state index contributed by atoms with van der Waals surface area (Å²) in [6, 6.07) is 7.60. The average molecular weight is 323 g/mol. The molecule has 1 aliphatic heterocycles. The average Bonchev–Trinajstić information content (AvgIpc) is 3.15. The second kappa shape index (κ2) is 4.96. The van der Waals surface area contributed by atoms with Gasteiger partial charge in [-0.3, -0.25) is 9.59 Å². The molecule has 1 aromatic rings. The molecule has 0 radical (unpaired) electrons. The van der Waals surface area contributed by atoms with Crippen LogP contribution in [0.2, 0.25) is 0 Å². The summed E-state index contributed by atoms with van der Waals surface area (Å²) in [5, 5.41) is 2.94. The zero-order chi connectivity index (χ0) is 13.4. The van der Waals surface area contributed by atoms with E-state index in [2.05, 4.69) is 21.2 Å². The topological polar surface area (TPSA) is 49.4 Å². The Balaban J connectivity index is 1.61. The first kappa shape index (κ1) is 12.7. The molecule has 100 valence electrons. The zero-order valence-electron chi connectivity index (χ0n) is 10.4. The number of hydrogen-bond donors (Lipinski definition) is 1. The number of nitrogens with one attached hydrogen (secondary N) is 1. The number of benzene rings is 1. The minimum atomic E-state index is -0.108. The quantitative estimate of drug-likeness (QED) is 0.924. The van der Waals surface area contributed by atoms with Crippen LogP contribution in [0.4, 0.5) is 0 Å². The van der Waals surface area contributed by atoms with Gasteiger partial charge in [-0.2, -0.15) is 0 Å². The second-order valence-corrected chi connectivity index (χ2v) is 6.07. The molecule has 0 bridgehead atoms. The maximum Gasteiger partial charge on any atom is 0.251 e. The van der Waals surface area contributed by atoms with Crippen molar-refractivity contribution in [2.75, 3.05) is 6.54 Å². The molecule has 0 aromatic heterocycles. The molecule has 2 fully saturated rings. The molecule has 4 nitrogen and oxygen atoms in total. The maximum absolute atomic E-state index is 12.1.